The standard InChI is InChI=1S/C20H24N2O7S/c23-7-8-26-9-10-27-11-12-28-13-14-29-19-6-5-16(15-21-19)20-22-17-3-1-2-4-18(17)30(20,24)25/h1-6,15,23H,7-14H2. The lowest BCUT2D eigenvalue weighted by molar-refractivity contribution is 0.00342. The van der Waals surface area contributed by atoms with Gasteiger partial charge in [-0.05, 0) is 18.2 Å². The first kappa shape index (κ1) is 22.3. The Kier molecular flexibility index (Phi) is 8.29. The Bertz CT molecular complexity index is 946. The van der Waals surface area contributed by atoms with Crippen molar-refractivity contribution in [3.8, 4) is 5.88 Å². The second kappa shape index (κ2) is 11.1. The highest BCUT2D eigenvalue weighted by atomic mass is 32.2. The van der Waals surface area contributed by atoms with Crippen molar-refractivity contribution in [2.45, 2.75) is 4.90 Å². The third-order valence-electron chi connectivity index (χ3n) is 4.07. The predicted octanol–water partition coefficient (Wildman–Crippen LogP) is 1.37. The molecule has 0 atom stereocenters. The zero-order chi connectivity index (χ0) is 21.2. The minimum atomic E-state index is -3.63. The maximum absolute atomic E-state index is 12.6. The first-order chi connectivity index (χ1) is 14.6. The summed E-state index contributed by atoms with van der Waals surface area (Å²) < 4.78 is 46.5. The van der Waals surface area contributed by atoms with E-state index < -0.39 is 9.84 Å². The van der Waals surface area contributed by atoms with Crippen LogP contribution in [0.3, 0.4) is 0 Å². The fourth-order valence-corrected chi connectivity index (χ4v) is 4.18. The molecule has 2 heterocycles. The number of sulfone groups is 1. The van der Waals surface area contributed by atoms with Gasteiger partial charge in [0, 0.05) is 17.8 Å². The third kappa shape index (κ3) is 5.83. The van der Waals surface area contributed by atoms with Crippen LogP contribution in [-0.2, 0) is 24.0 Å². The summed E-state index contributed by atoms with van der Waals surface area (Å²) in [6.45, 7) is 2.73. The van der Waals surface area contributed by atoms with E-state index in [0.717, 1.165) is 0 Å². The molecule has 0 radical (unpaired) electrons. The fourth-order valence-electron chi connectivity index (χ4n) is 2.67. The van der Waals surface area contributed by atoms with Crippen molar-refractivity contribution in [1.29, 1.82) is 0 Å². The Hall–Kier alpha value is -2.37. The van der Waals surface area contributed by atoms with E-state index in [-0.39, 0.29) is 16.5 Å². The first-order valence-corrected chi connectivity index (χ1v) is 11.0. The molecular weight excluding hydrogens is 412 g/mol. The van der Waals surface area contributed by atoms with Gasteiger partial charge < -0.3 is 24.1 Å². The maximum Gasteiger partial charge on any atom is 0.226 e. The number of fused-ring (bicyclic) bond motifs is 1. The van der Waals surface area contributed by atoms with Crippen LogP contribution in [0.4, 0.5) is 5.69 Å². The molecule has 10 heteroatoms. The number of pyridine rings is 1. The van der Waals surface area contributed by atoms with Gasteiger partial charge in [-0.15, -0.1) is 0 Å². The molecule has 3 rings (SSSR count). The molecule has 0 saturated carbocycles. The molecule has 0 unspecified atom stereocenters. The highest BCUT2D eigenvalue weighted by Crippen LogP contribution is 2.34. The van der Waals surface area contributed by atoms with Crippen LogP contribution >= 0.6 is 0 Å². The number of ether oxygens (including phenoxy) is 4. The summed E-state index contributed by atoms with van der Waals surface area (Å²) in [5, 5.41) is 8.55. The molecule has 0 fully saturated rings. The van der Waals surface area contributed by atoms with Crippen LogP contribution in [0.15, 0.2) is 52.5 Å². The van der Waals surface area contributed by atoms with E-state index in [2.05, 4.69) is 9.98 Å². The lowest BCUT2D eigenvalue weighted by Crippen LogP contribution is -2.14. The number of nitrogens with zero attached hydrogens (tertiary/aromatic N) is 2. The molecule has 0 spiro atoms. The topological polar surface area (TPSA) is 117 Å². The summed E-state index contributed by atoms with van der Waals surface area (Å²) in [6.07, 6.45) is 1.44. The zero-order valence-electron chi connectivity index (χ0n) is 16.4. The van der Waals surface area contributed by atoms with Gasteiger partial charge in [-0.25, -0.2) is 18.4 Å². The van der Waals surface area contributed by atoms with Crippen LogP contribution in [0.25, 0.3) is 0 Å². The van der Waals surface area contributed by atoms with E-state index in [9.17, 15) is 8.42 Å². The summed E-state index contributed by atoms with van der Waals surface area (Å²) in [4.78, 5) is 8.60. The van der Waals surface area contributed by atoms with E-state index in [1.54, 1.807) is 36.4 Å². The number of aliphatic hydroxyl groups is 1. The molecule has 1 N–H and O–H groups in total. The molecule has 1 aliphatic rings. The van der Waals surface area contributed by atoms with Gasteiger partial charge in [0.2, 0.25) is 15.7 Å². The van der Waals surface area contributed by atoms with Crippen LogP contribution in [0.2, 0.25) is 0 Å². The monoisotopic (exact) mass is 436 g/mol. The highest BCUT2D eigenvalue weighted by molar-refractivity contribution is 8.07. The average molecular weight is 436 g/mol. The van der Waals surface area contributed by atoms with Gasteiger partial charge in [0.1, 0.15) is 6.61 Å². The van der Waals surface area contributed by atoms with Crippen LogP contribution in [-0.4, -0.2) is 76.4 Å². The van der Waals surface area contributed by atoms with Crippen molar-refractivity contribution in [1.82, 2.24) is 4.98 Å². The summed E-state index contributed by atoms with van der Waals surface area (Å²) in [5.74, 6) is 0.369. The molecular formula is C20H24N2O7S. The van der Waals surface area contributed by atoms with Crippen LogP contribution in [0.1, 0.15) is 5.56 Å². The number of para-hydroxylation sites is 1. The van der Waals surface area contributed by atoms with Gasteiger partial charge >= 0.3 is 0 Å². The Morgan fingerprint density at radius 1 is 0.833 bits per heavy atom. The molecule has 0 saturated heterocycles. The van der Waals surface area contributed by atoms with Gasteiger partial charge in [-0.2, -0.15) is 0 Å². The van der Waals surface area contributed by atoms with Crippen molar-refractivity contribution >= 4 is 20.6 Å². The number of hydrogen-bond acceptors (Lipinski definition) is 9. The van der Waals surface area contributed by atoms with E-state index in [1.165, 1.54) is 6.20 Å². The minimum absolute atomic E-state index is 0.00279. The minimum Gasteiger partial charge on any atom is -0.475 e. The molecule has 2 aromatic rings. The Labute approximate surface area is 175 Å². The van der Waals surface area contributed by atoms with Gasteiger partial charge in [0.15, 0.2) is 5.04 Å². The predicted molar refractivity (Wildman–Crippen MR) is 109 cm³/mol. The van der Waals surface area contributed by atoms with Crippen molar-refractivity contribution < 1.29 is 32.5 Å². The SMILES string of the molecule is O=S1(=O)C(c2ccc(OCCOCCOCCOCCO)nc2)=Nc2ccccc21. The molecule has 9 nitrogen and oxygen atoms in total. The largest absolute Gasteiger partial charge is 0.475 e. The number of benzene rings is 1. The Morgan fingerprint density at radius 2 is 1.50 bits per heavy atom. The number of aromatic nitrogens is 1. The van der Waals surface area contributed by atoms with Gasteiger partial charge in [-0.1, -0.05) is 12.1 Å². The fraction of sp³-hybridized carbons (Fsp3) is 0.400. The molecule has 0 aliphatic carbocycles. The number of hydrogen-bond donors (Lipinski definition) is 1. The molecule has 1 aromatic carbocycles. The van der Waals surface area contributed by atoms with Crippen molar-refractivity contribution in [3.63, 3.8) is 0 Å². The number of aliphatic imine (C=N–C) groups is 1. The lowest BCUT2D eigenvalue weighted by atomic mass is 10.3. The summed E-state index contributed by atoms with van der Waals surface area (Å²) in [6, 6.07) is 9.86. The van der Waals surface area contributed by atoms with Crippen molar-refractivity contribution in [2.24, 2.45) is 4.99 Å². The Morgan fingerprint density at radius 3 is 2.13 bits per heavy atom. The van der Waals surface area contributed by atoms with E-state index in [1.807, 2.05) is 0 Å². The van der Waals surface area contributed by atoms with E-state index in [0.29, 0.717) is 63.4 Å². The molecule has 162 valence electrons. The van der Waals surface area contributed by atoms with Gasteiger partial charge in [-0.3, -0.25) is 0 Å². The third-order valence-corrected chi connectivity index (χ3v) is 5.83. The zero-order valence-corrected chi connectivity index (χ0v) is 17.2. The molecule has 1 aliphatic heterocycles. The second-order valence-corrected chi connectivity index (χ2v) is 8.02. The molecule has 30 heavy (non-hydrogen) atoms. The quantitative estimate of drug-likeness (QED) is 0.468. The smallest absolute Gasteiger partial charge is 0.226 e. The second-order valence-electron chi connectivity index (χ2n) is 6.18. The van der Waals surface area contributed by atoms with E-state index in [4.69, 9.17) is 24.1 Å². The molecule has 0 amide bonds. The average Bonchev–Trinajstić information content (AvgIpc) is 3.03. The van der Waals surface area contributed by atoms with Crippen molar-refractivity contribution in [2.75, 3.05) is 52.9 Å². The highest BCUT2D eigenvalue weighted by Gasteiger charge is 2.32. The van der Waals surface area contributed by atoms with E-state index >= 15 is 0 Å². The Balaban J connectivity index is 1.37. The van der Waals surface area contributed by atoms with Gasteiger partial charge in [0.05, 0.1) is 56.8 Å². The lowest BCUT2D eigenvalue weighted by Gasteiger charge is -2.08. The first-order valence-electron chi connectivity index (χ1n) is 9.49. The number of rotatable bonds is 13. The van der Waals surface area contributed by atoms with Gasteiger partial charge in [0.25, 0.3) is 0 Å². The maximum atomic E-state index is 12.6. The van der Waals surface area contributed by atoms with Crippen LogP contribution in [0, 0.1) is 0 Å². The van der Waals surface area contributed by atoms with Crippen LogP contribution < -0.4 is 4.74 Å². The molecule has 0 bridgehead atoms. The number of aliphatic hydroxyl groups excluding tert-OH is 1. The summed E-state index contributed by atoms with van der Waals surface area (Å²) in [5.41, 5.74) is 0.849. The summed E-state index contributed by atoms with van der Waals surface area (Å²) >= 11 is 0. The van der Waals surface area contributed by atoms with Crippen molar-refractivity contribution in [3.05, 3.63) is 48.2 Å². The normalized spacial score (nSPS) is 14.4. The van der Waals surface area contributed by atoms with Crippen LogP contribution in [0.5, 0.6) is 5.88 Å². The summed E-state index contributed by atoms with van der Waals surface area (Å²) in [7, 11) is -3.63. The molecule has 1 aromatic heterocycles.